The average molecular weight is 591 g/mol. The maximum absolute atomic E-state index is 12.6. The average Bonchev–Trinajstić information content (AvgIpc) is 2.78. The Labute approximate surface area is 214 Å². The fraction of sp³-hybridized carbons (Fsp3) is 0.120. The summed E-state index contributed by atoms with van der Waals surface area (Å²) in [4.78, 5) is 12.6. The second kappa shape index (κ2) is 11.9. The number of benzene rings is 3. The molecule has 1 amide bonds. The van der Waals surface area contributed by atoms with Crippen molar-refractivity contribution in [1.29, 1.82) is 5.26 Å². The van der Waals surface area contributed by atoms with Gasteiger partial charge in [-0.2, -0.15) is 5.26 Å². The normalized spacial score (nSPS) is 10.9. The fourth-order valence-corrected chi connectivity index (χ4v) is 4.55. The van der Waals surface area contributed by atoms with E-state index in [-0.39, 0.29) is 5.57 Å². The molecule has 0 heterocycles. The Morgan fingerprint density at radius 2 is 1.82 bits per heavy atom. The standard InChI is InChI=1S/C25H19Br2ClN2O3/c1-2-32-20-8-5-7-19(13-20)30-25(31)18(14-29)10-16-11-21(26)24(22(27)12-16)33-15-17-6-3-4-9-23(17)28/h3-13H,2,15H2,1H3,(H,30,31)/b18-10-. The number of ether oxygens (including phenoxy) is 2. The van der Waals surface area contributed by atoms with E-state index >= 15 is 0 Å². The second-order valence-corrected chi connectivity index (χ2v) is 8.89. The molecule has 0 saturated heterocycles. The van der Waals surface area contributed by atoms with E-state index in [9.17, 15) is 10.1 Å². The molecular weight excluding hydrogens is 572 g/mol. The lowest BCUT2D eigenvalue weighted by molar-refractivity contribution is -0.112. The van der Waals surface area contributed by atoms with E-state index in [1.54, 1.807) is 42.5 Å². The van der Waals surface area contributed by atoms with Gasteiger partial charge in [-0.05, 0) is 80.8 Å². The third kappa shape index (κ3) is 6.84. The molecule has 0 bridgehead atoms. The largest absolute Gasteiger partial charge is 0.494 e. The highest BCUT2D eigenvalue weighted by molar-refractivity contribution is 9.11. The Kier molecular flexibility index (Phi) is 8.95. The summed E-state index contributed by atoms with van der Waals surface area (Å²) in [7, 11) is 0. The molecule has 0 aliphatic rings. The van der Waals surface area contributed by atoms with Gasteiger partial charge in [0, 0.05) is 22.3 Å². The molecule has 168 valence electrons. The summed E-state index contributed by atoms with van der Waals surface area (Å²) >= 11 is 13.2. The van der Waals surface area contributed by atoms with Crippen LogP contribution in [0.5, 0.6) is 11.5 Å². The van der Waals surface area contributed by atoms with Crippen molar-refractivity contribution < 1.29 is 14.3 Å². The van der Waals surface area contributed by atoms with E-state index in [1.807, 2.05) is 31.2 Å². The number of rotatable bonds is 8. The van der Waals surface area contributed by atoms with E-state index in [0.29, 0.717) is 49.9 Å². The smallest absolute Gasteiger partial charge is 0.266 e. The van der Waals surface area contributed by atoms with Crippen molar-refractivity contribution in [3.05, 3.63) is 91.3 Å². The maximum atomic E-state index is 12.6. The van der Waals surface area contributed by atoms with Gasteiger partial charge >= 0.3 is 0 Å². The molecule has 0 unspecified atom stereocenters. The maximum Gasteiger partial charge on any atom is 0.266 e. The van der Waals surface area contributed by atoms with Gasteiger partial charge in [0.15, 0.2) is 0 Å². The quantitative estimate of drug-likeness (QED) is 0.219. The zero-order valence-corrected chi connectivity index (χ0v) is 21.5. The highest BCUT2D eigenvalue weighted by Crippen LogP contribution is 2.36. The van der Waals surface area contributed by atoms with Crippen molar-refractivity contribution in [2.45, 2.75) is 13.5 Å². The van der Waals surface area contributed by atoms with Crippen molar-refractivity contribution in [1.82, 2.24) is 0 Å². The molecule has 0 aromatic heterocycles. The predicted octanol–water partition coefficient (Wildman–Crippen LogP) is 7.39. The van der Waals surface area contributed by atoms with Crippen molar-refractivity contribution in [2.75, 3.05) is 11.9 Å². The van der Waals surface area contributed by atoms with Gasteiger partial charge < -0.3 is 14.8 Å². The van der Waals surface area contributed by atoms with Crippen LogP contribution in [0.1, 0.15) is 18.1 Å². The van der Waals surface area contributed by atoms with Crippen LogP contribution in [0.15, 0.2) is 75.2 Å². The first-order valence-electron chi connectivity index (χ1n) is 9.92. The number of halogens is 3. The number of nitriles is 1. The first kappa shape index (κ1) is 24.8. The van der Waals surface area contributed by atoms with Gasteiger partial charge in [0.2, 0.25) is 0 Å². The van der Waals surface area contributed by atoms with Gasteiger partial charge in [0.1, 0.15) is 29.7 Å². The second-order valence-electron chi connectivity index (χ2n) is 6.78. The first-order chi connectivity index (χ1) is 15.9. The fourth-order valence-electron chi connectivity index (χ4n) is 2.91. The van der Waals surface area contributed by atoms with Gasteiger partial charge in [0.25, 0.3) is 5.91 Å². The molecule has 3 rings (SSSR count). The lowest BCUT2D eigenvalue weighted by Gasteiger charge is -2.12. The van der Waals surface area contributed by atoms with Gasteiger partial charge in [-0.15, -0.1) is 0 Å². The van der Waals surface area contributed by atoms with E-state index in [0.717, 1.165) is 5.56 Å². The van der Waals surface area contributed by atoms with Crippen LogP contribution in [-0.4, -0.2) is 12.5 Å². The number of anilines is 1. The minimum atomic E-state index is -0.516. The minimum Gasteiger partial charge on any atom is -0.494 e. The zero-order valence-electron chi connectivity index (χ0n) is 17.6. The monoisotopic (exact) mass is 588 g/mol. The van der Waals surface area contributed by atoms with E-state index in [1.165, 1.54) is 6.08 Å². The Hall–Kier alpha value is -2.79. The van der Waals surface area contributed by atoms with Crippen molar-refractivity contribution >= 4 is 61.1 Å². The molecule has 8 heteroatoms. The third-order valence-electron chi connectivity index (χ3n) is 4.43. The summed E-state index contributed by atoms with van der Waals surface area (Å²) in [5, 5.41) is 12.9. The molecule has 5 nitrogen and oxygen atoms in total. The van der Waals surface area contributed by atoms with E-state index in [2.05, 4.69) is 37.2 Å². The summed E-state index contributed by atoms with van der Waals surface area (Å²) in [6, 6.07) is 19.9. The number of hydrogen-bond acceptors (Lipinski definition) is 4. The lowest BCUT2D eigenvalue weighted by atomic mass is 10.1. The van der Waals surface area contributed by atoms with Gasteiger partial charge in [-0.25, -0.2) is 0 Å². The zero-order chi connectivity index (χ0) is 23.8. The van der Waals surface area contributed by atoms with Crippen LogP contribution in [0, 0.1) is 11.3 Å². The van der Waals surface area contributed by atoms with Crippen molar-refractivity contribution in [3.63, 3.8) is 0 Å². The molecule has 0 fully saturated rings. The Balaban J connectivity index is 1.76. The van der Waals surface area contributed by atoms with Crippen LogP contribution < -0.4 is 14.8 Å². The van der Waals surface area contributed by atoms with Crippen LogP contribution in [-0.2, 0) is 11.4 Å². The van der Waals surface area contributed by atoms with Gasteiger partial charge in [0.05, 0.1) is 15.6 Å². The summed E-state index contributed by atoms with van der Waals surface area (Å²) in [6.07, 6.45) is 1.51. The first-order valence-corrected chi connectivity index (χ1v) is 11.9. The predicted molar refractivity (Wildman–Crippen MR) is 137 cm³/mol. The van der Waals surface area contributed by atoms with Crippen LogP contribution >= 0.6 is 43.5 Å². The Morgan fingerprint density at radius 1 is 1.09 bits per heavy atom. The Morgan fingerprint density at radius 3 is 2.48 bits per heavy atom. The molecule has 0 saturated carbocycles. The Bertz CT molecular complexity index is 1220. The van der Waals surface area contributed by atoms with Crippen LogP contribution in [0.4, 0.5) is 5.69 Å². The molecule has 0 spiro atoms. The molecule has 0 atom stereocenters. The molecule has 0 aliphatic carbocycles. The van der Waals surface area contributed by atoms with E-state index in [4.69, 9.17) is 21.1 Å². The summed E-state index contributed by atoms with van der Waals surface area (Å²) < 4.78 is 12.7. The topological polar surface area (TPSA) is 71.3 Å². The molecule has 3 aromatic carbocycles. The number of carbonyl (C=O) groups excluding carboxylic acids is 1. The number of amides is 1. The minimum absolute atomic E-state index is 0.0413. The molecule has 0 radical (unpaired) electrons. The van der Waals surface area contributed by atoms with Gasteiger partial charge in [-0.1, -0.05) is 35.9 Å². The summed E-state index contributed by atoms with van der Waals surface area (Å²) in [5.41, 5.74) is 2.01. The van der Waals surface area contributed by atoms with Gasteiger partial charge in [-0.3, -0.25) is 4.79 Å². The van der Waals surface area contributed by atoms with Crippen LogP contribution in [0.3, 0.4) is 0 Å². The summed E-state index contributed by atoms with van der Waals surface area (Å²) in [6.45, 7) is 2.69. The number of nitrogens with zero attached hydrogens (tertiary/aromatic N) is 1. The molecule has 3 aromatic rings. The molecule has 0 aliphatic heterocycles. The molecule has 33 heavy (non-hydrogen) atoms. The third-order valence-corrected chi connectivity index (χ3v) is 5.98. The molecule has 1 N–H and O–H groups in total. The number of carbonyl (C=O) groups is 1. The summed E-state index contributed by atoms with van der Waals surface area (Å²) in [5.74, 6) is 0.707. The highest BCUT2D eigenvalue weighted by atomic mass is 79.9. The highest BCUT2D eigenvalue weighted by Gasteiger charge is 2.13. The molecular formula is C25H19Br2ClN2O3. The van der Waals surface area contributed by atoms with E-state index < -0.39 is 5.91 Å². The van der Waals surface area contributed by atoms with Crippen LogP contribution in [0.25, 0.3) is 6.08 Å². The SMILES string of the molecule is CCOc1cccc(NC(=O)/C(C#N)=C\c2cc(Br)c(OCc3ccccc3Cl)c(Br)c2)c1. The lowest BCUT2D eigenvalue weighted by Crippen LogP contribution is -2.13. The van der Waals surface area contributed by atoms with Crippen molar-refractivity contribution in [3.8, 4) is 17.6 Å². The van der Waals surface area contributed by atoms with Crippen molar-refractivity contribution in [2.24, 2.45) is 0 Å². The number of nitrogens with one attached hydrogen (secondary N) is 1. The van der Waals surface area contributed by atoms with Crippen LogP contribution in [0.2, 0.25) is 5.02 Å². The number of hydrogen-bond donors (Lipinski definition) is 1.